The van der Waals surface area contributed by atoms with Crippen molar-refractivity contribution in [2.24, 2.45) is 0 Å². The number of aromatic nitrogens is 4. The molecule has 2 aromatic heterocycles. The Morgan fingerprint density at radius 2 is 1.97 bits per heavy atom. The summed E-state index contributed by atoms with van der Waals surface area (Å²) >= 11 is 0. The number of nitrogens with one attached hydrogen (secondary N) is 1. The highest BCUT2D eigenvalue weighted by Gasteiger charge is 2.31. The predicted molar refractivity (Wildman–Crippen MR) is 132 cm³/mol. The van der Waals surface area contributed by atoms with Gasteiger partial charge in [-0.3, -0.25) is 14.6 Å². The number of hydrogen-bond acceptors (Lipinski definition) is 6. The minimum Gasteiger partial charge on any atom is -0.381 e. The molecule has 0 spiro atoms. The van der Waals surface area contributed by atoms with E-state index >= 15 is 0 Å². The molecule has 2 aliphatic rings. The quantitative estimate of drug-likeness (QED) is 0.620. The molecule has 9 heteroatoms. The van der Waals surface area contributed by atoms with Gasteiger partial charge in [0.2, 0.25) is 0 Å². The second kappa shape index (κ2) is 9.95. The summed E-state index contributed by atoms with van der Waals surface area (Å²) in [6.07, 6.45) is 11.0. The Bertz CT molecular complexity index is 1220. The van der Waals surface area contributed by atoms with Crippen LogP contribution in [0.1, 0.15) is 66.9 Å². The lowest BCUT2D eigenvalue weighted by atomic mass is 9.99. The maximum Gasteiger partial charge on any atom is 0.274 e. The summed E-state index contributed by atoms with van der Waals surface area (Å²) < 4.78 is 2.16. The minimum atomic E-state index is -1.44. The van der Waals surface area contributed by atoms with Crippen LogP contribution in [-0.2, 0) is 30.7 Å². The number of allylic oxidation sites excluding steroid dienone is 4. The molecule has 2 aliphatic heterocycles. The first kappa shape index (κ1) is 24.5. The zero-order chi connectivity index (χ0) is 25.2. The van der Waals surface area contributed by atoms with Gasteiger partial charge in [-0.2, -0.15) is 0 Å². The van der Waals surface area contributed by atoms with Crippen LogP contribution in [0.4, 0.5) is 0 Å². The van der Waals surface area contributed by atoms with Crippen molar-refractivity contribution in [3.05, 3.63) is 71.2 Å². The molecule has 0 aliphatic carbocycles. The topological polar surface area (TPSA) is 113 Å². The van der Waals surface area contributed by atoms with E-state index in [1.54, 1.807) is 23.2 Å². The maximum absolute atomic E-state index is 12.7. The molecule has 0 atom stereocenters. The van der Waals surface area contributed by atoms with E-state index in [1.165, 1.54) is 13.8 Å². The van der Waals surface area contributed by atoms with Gasteiger partial charge in [0.25, 0.3) is 11.8 Å². The zero-order valence-corrected chi connectivity index (χ0v) is 20.5. The third kappa shape index (κ3) is 5.57. The van der Waals surface area contributed by atoms with Crippen molar-refractivity contribution in [3.63, 3.8) is 0 Å². The Hall–Kier alpha value is -3.59. The van der Waals surface area contributed by atoms with Crippen LogP contribution >= 0.6 is 0 Å². The zero-order valence-electron chi connectivity index (χ0n) is 20.5. The molecule has 0 unspecified atom stereocenters. The first-order valence-corrected chi connectivity index (χ1v) is 11.9. The van der Waals surface area contributed by atoms with Gasteiger partial charge in [0.15, 0.2) is 5.82 Å². The first-order valence-electron chi connectivity index (χ1n) is 11.9. The highest BCUT2D eigenvalue weighted by molar-refractivity contribution is 5.94. The largest absolute Gasteiger partial charge is 0.381 e. The summed E-state index contributed by atoms with van der Waals surface area (Å²) in [6, 6.07) is 1.70. The molecule has 0 aromatic carbocycles. The summed E-state index contributed by atoms with van der Waals surface area (Å²) in [4.78, 5) is 31.1. The number of nitrogens with zero attached hydrogens (tertiary/aromatic N) is 5. The fraction of sp³-hybridized carbons (Fsp3) is 0.423. The van der Waals surface area contributed by atoms with E-state index in [0.29, 0.717) is 25.2 Å². The Balaban J connectivity index is 1.38. The lowest BCUT2D eigenvalue weighted by molar-refractivity contribution is -0.148. The number of carbonyl (C=O) groups excluding carboxylic acids is 2. The lowest BCUT2D eigenvalue weighted by Crippen LogP contribution is -2.47. The summed E-state index contributed by atoms with van der Waals surface area (Å²) in [7, 11) is 0. The molecule has 0 saturated heterocycles. The molecule has 0 radical (unpaired) electrons. The monoisotopic (exact) mass is 476 g/mol. The van der Waals surface area contributed by atoms with Crippen LogP contribution in [0.15, 0.2) is 42.8 Å². The summed E-state index contributed by atoms with van der Waals surface area (Å²) in [5.74, 6) is 1.19. The SMILES string of the molecule is C=C(/C=C\C=C(/C)c1nnc2n1CCCC2)NC(=O)c1cc2c(cn1)CCN(C(=O)C(C)(C)O)C2. The Morgan fingerprint density at radius 1 is 1.17 bits per heavy atom. The van der Waals surface area contributed by atoms with Crippen LogP contribution in [0.2, 0.25) is 0 Å². The van der Waals surface area contributed by atoms with E-state index in [4.69, 9.17) is 0 Å². The van der Waals surface area contributed by atoms with Crippen molar-refractivity contribution in [1.82, 2.24) is 30.0 Å². The molecule has 4 rings (SSSR count). The summed E-state index contributed by atoms with van der Waals surface area (Å²) in [5, 5.41) is 21.4. The average Bonchev–Trinajstić information content (AvgIpc) is 3.26. The van der Waals surface area contributed by atoms with Gasteiger partial charge < -0.3 is 19.9 Å². The number of carbonyl (C=O) groups is 2. The number of rotatable bonds is 6. The number of fused-ring (bicyclic) bond motifs is 2. The van der Waals surface area contributed by atoms with E-state index in [2.05, 4.69) is 31.6 Å². The smallest absolute Gasteiger partial charge is 0.274 e. The van der Waals surface area contributed by atoms with Gasteiger partial charge in [-0.25, -0.2) is 0 Å². The number of aliphatic hydroxyl groups is 1. The van der Waals surface area contributed by atoms with Crippen molar-refractivity contribution >= 4 is 17.4 Å². The van der Waals surface area contributed by atoms with Gasteiger partial charge in [-0.1, -0.05) is 18.7 Å². The molecule has 4 heterocycles. The van der Waals surface area contributed by atoms with E-state index in [-0.39, 0.29) is 17.5 Å². The molecular formula is C26H32N6O3. The van der Waals surface area contributed by atoms with E-state index < -0.39 is 5.60 Å². The number of pyridine rings is 1. The van der Waals surface area contributed by atoms with Crippen molar-refractivity contribution < 1.29 is 14.7 Å². The van der Waals surface area contributed by atoms with Crippen LogP contribution in [0, 0.1) is 0 Å². The molecular weight excluding hydrogens is 444 g/mol. The van der Waals surface area contributed by atoms with Crippen molar-refractivity contribution in [2.75, 3.05) is 6.54 Å². The van der Waals surface area contributed by atoms with Gasteiger partial charge in [0, 0.05) is 37.9 Å². The summed E-state index contributed by atoms with van der Waals surface area (Å²) in [5.41, 5.74) is 2.08. The highest BCUT2D eigenvalue weighted by atomic mass is 16.3. The van der Waals surface area contributed by atoms with Gasteiger partial charge in [0.05, 0.1) is 0 Å². The Kier molecular flexibility index (Phi) is 6.98. The van der Waals surface area contributed by atoms with Crippen LogP contribution in [0.5, 0.6) is 0 Å². The fourth-order valence-corrected chi connectivity index (χ4v) is 4.36. The van der Waals surface area contributed by atoms with Crippen LogP contribution in [0.3, 0.4) is 0 Å². The average molecular weight is 477 g/mol. The van der Waals surface area contributed by atoms with Crippen LogP contribution in [0.25, 0.3) is 5.57 Å². The minimum absolute atomic E-state index is 0.248. The van der Waals surface area contributed by atoms with Gasteiger partial charge in [-0.15, -0.1) is 10.2 Å². The van der Waals surface area contributed by atoms with Gasteiger partial charge >= 0.3 is 0 Å². The molecule has 2 aromatic rings. The molecule has 184 valence electrons. The Labute approximate surface area is 205 Å². The molecule has 0 saturated carbocycles. The van der Waals surface area contributed by atoms with Crippen molar-refractivity contribution in [2.45, 2.75) is 65.1 Å². The Morgan fingerprint density at radius 3 is 2.74 bits per heavy atom. The van der Waals surface area contributed by atoms with Crippen molar-refractivity contribution in [3.8, 4) is 0 Å². The summed E-state index contributed by atoms with van der Waals surface area (Å²) in [6.45, 7) is 10.6. The number of aryl methyl sites for hydroxylation is 1. The molecule has 9 nitrogen and oxygen atoms in total. The van der Waals surface area contributed by atoms with Crippen LogP contribution < -0.4 is 5.32 Å². The van der Waals surface area contributed by atoms with E-state index in [0.717, 1.165) is 54.2 Å². The maximum atomic E-state index is 12.7. The molecule has 0 fully saturated rings. The second-order valence-electron chi connectivity index (χ2n) is 9.61. The number of amides is 2. The van der Waals surface area contributed by atoms with E-state index in [9.17, 15) is 14.7 Å². The number of hydrogen-bond donors (Lipinski definition) is 2. The highest BCUT2D eigenvalue weighted by Crippen LogP contribution is 2.22. The first-order chi connectivity index (χ1) is 16.6. The molecule has 35 heavy (non-hydrogen) atoms. The third-order valence-electron chi connectivity index (χ3n) is 6.27. The van der Waals surface area contributed by atoms with E-state index in [1.807, 2.05) is 19.1 Å². The molecule has 0 bridgehead atoms. The van der Waals surface area contributed by atoms with Crippen molar-refractivity contribution in [1.29, 1.82) is 0 Å². The van der Waals surface area contributed by atoms with Gasteiger partial charge in [-0.05, 0) is 68.9 Å². The molecule has 2 amide bonds. The van der Waals surface area contributed by atoms with Crippen LogP contribution in [-0.4, -0.2) is 53.7 Å². The van der Waals surface area contributed by atoms with Gasteiger partial charge in [0.1, 0.15) is 17.1 Å². The molecule has 2 N–H and O–H groups in total. The second-order valence-corrected chi connectivity index (χ2v) is 9.61. The standard InChI is InChI=1S/C26H32N6O3/c1-17(23-30-29-22-10-5-6-12-32(22)23)8-7-9-18(2)28-24(33)21-14-20-16-31(25(34)26(3,4)35)13-11-19(20)15-27-21/h7-9,14-15,35H,2,5-6,10-13,16H2,1,3-4H3,(H,28,33)/b9-7-,17-8+. The lowest BCUT2D eigenvalue weighted by Gasteiger charge is -2.32. The predicted octanol–water partition coefficient (Wildman–Crippen LogP) is 2.57. The fourth-order valence-electron chi connectivity index (χ4n) is 4.36. The normalized spacial score (nSPS) is 16.1. The third-order valence-corrected chi connectivity index (χ3v) is 6.27.